The number of nitrogens with two attached hydrogens (primary N) is 1. The largest absolute Gasteiger partial charge is 0.366 e. The maximum absolute atomic E-state index is 11.7. The lowest BCUT2D eigenvalue weighted by atomic mass is 9.87. The van der Waals surface area contributed by atoms with E-state index in [-0.39, 0.29) is 0 Å². The zero-order valence-corrected chi connectivity index (χ0v) is 16.1. The lowest BCUT2D eigenvalue weighted by Gasteiger charge is -2.44. The normalized spacial score (nSPS) is 21.4. The van der Waals surface area contributed by atoms with Gasteiger partial charge < -0.3 is 10.7 Å². The Morgan fingerprint density at radius 3 is 2.81 bits per heavy atom. The summed E-state index contributed by atoms with van der Waals surface area (Å²) in [7, 11) is 0. The van der Waals surface area contributed by atoms with Gasteiger partial charge in [0.05, 0.1) is 16.0 Å². The van der Waals surface area contributed by atoms with Gasteiger partial charge in [-0.1, -0.05) is 18.9 Å². The van der Waals surface area contributed by atoms with Gasteiger partial charge in [-0.3, -0.25) is 9.69 Å². The Kier molecular flexibility index (Phi) is 4.25. The van der Waals surface area contributed by atoms with Crippen LogP contribution in [0.1, 0.15) is 59.8 Å². The first-order valence-electron chi connectivity index (χ1n) is 9.85. The molecule has 0 spiro atoms. The number of primary amides is 1. The summed E-state index contributed by atoms with van der Waals surface area (Å²) in [5.41, 5.74) is 7.47. The van der Waals surface area contributed by atoms with Crippen molar-refractivity contribution in [2.75, 3.05) is 6.54 Å². The number of nitrogens with one attached hydrogen (secondary N) is 1. The van der Waals surface area contributed by atoms with Crippen molar-refractivity contribution in [3.8, 4) is 10.7 Å². The quantitative estimate of drug-likeness (QED) is 0.701. The number of piperidine rings is 1. The summed E-state index contributed by atoms with van der Waals surface area (Å²) in [4.78, 5) is 25.0. The second kappa shape index (κ2) is 6.77. The number of fused-ring (bicyclic) bond motifs is 1. The Morgan fingerprint density at radius 2 is 2.04 bits per heavy atom. The average molecular weight is 381 g/mol. The van der Waals surface area contributed by atoms with Crippen LogP contribution in [-0.2, 0) is 0 Å². The number of aromatic nitrogens is 2. The van der Waals surface area contributed by atoms with Crippen molar-refractivity contribution < 1.29 is 4.79 Å². The fourth-order valence-electron chi connectivity index (χ4n) is 4.42. The van der Waals surface area contributed by atoms with Gasteiger partial charge in [-0.05, 0) is 56.5 Å². The molecule has 1 saturated heterocycles. The van der Waals surface area contributed by atoms with E-state index in [0.29, 0.717) is 17.1 Å². The molecule has 1 aliphatic heterocycles. The molecule has 1 unspecified atom stereocenters. The van der Waals surface area contributed by atoms with Gasteiger partial charge in [0.25, 0.3) is 5.91 Å². The Bertz CT molecular complexity index is 987. The number of benzene rings is 1. The first kappa shape index (κ1) is 17.0. The minimum absolute atomic E-state index is 0.441. The van der Waals surface area contributed by atoms with Crippen molar-refractivity contribution in [2.45, 2.75) is 50.6 Å². The molecule has 3 N–H and O–H groups in total. The summed E-state index contributed by atoms with van der Waals surface area (Å²) in [6.07, 6.45) is 7.98. The molecular formula is C21H24N4OS. The molecule has 2 aliphatic rings. The van der Waals surface area contributed by atoms with Crippen LogP contribution in [0.5, 0.6) is 0 Å². The number of aromatic amines is 1. The summed E-state index contributed by atoms with van der Waals surface area (Å²) >= 11 is 1.83. The van der Waals surface area contributed by atoms with Crippen molar-refractivity contribution in [2.24, 2.45) is 5.73 Å². The number of amides is 1. The summed E-state index contributed by atoms with van der Waals surface area (Å²) in [5.74, 6) is 0.379. The van der Waals surface area contributed by atoms with Gasteiger partial charge in [0.2, 0.25) is 0 Å². The zero-order chi connectivity index (χ0) is 18.4. The van der Waals surface area contributed by atoms with E-state index in [0.717, 1.165) is 22.3 Å². The third kappa shape index (κ3) is 2.97. The molecule has 6 heteroatoms. The van der Waals surface area contributed by atoms with Crippen molar-refractivity contribution >= 4 is 28.3 Å². The highest BCUT2D eigenvalue weighted by atomic mass is 32.1. The molecule has 0 radical (unpaired) electrons. The highest BCUT2D eigenvalue weighted by molar-refractivity contribution is 7.15. The van der Waals surface area contributed by atoms with Gasteiger partial charge in [-0.2, -0.15) is 0 Å². The second-order valence-corrected chi connectivity index (χ2v) is 8.80. The zero-order valence-electron chi connectivity index (χ0n) is 15.3. The monoisotopic (exact) mass is 380 g/mol. The molecule has 1 saturated carbocycles. The number of carbonyl (C=O) groups excluding carboxylic acids is 1. The summed E-state index contributed by atoms with van der Waals surface area (Å²) in [5, 5.41) is 0. The molecule has 1 aromatic carbocycles. The summed E-state index contributed by atoms with van der Waals surface area (Å²) in [6.45, 7) is 1.23. The molecular weight excluding hydrogens is 356 g/mol. The Labute approximate surface area is 162 Å². The highest BCUT2D eigenvalue weighted by Crippen LogP contribution is 2.42. The van der Waals surface area contributed by atoms with E-state index in [9.17, 15) is 4.79 Å². The molecule has 27 heavy (non-hydrogen) atoms. The van der Waals surface area contributed by atoms with Crippen LogP contribution in [0.4, 0.5) is 0 Å². The van der Waals surface area contributed by atoms with Gasteiger partial charge in [0, 0.05) is 17.0 Å². The first-order chi connectivity index (χ1) is 13.2. The number of hydrogen-bond acceptors (Lipinski definition) is 4. The molecule has 1 aliphatic carbocycles. The smallest absolute Gasteiger partial charge is 0.250 e. The number of hydrogen-bond donors (Lipinski definition) is 2. The lowest BCUT2D eigenvalue weighted by Crippen LogP contribution is -2.44. The van der Waals surface area contributed by atoms with Gasteiger partial charge >= 0.3 is 0 Å². The van der Waals surface area contributed by atoms with E-state index < -0.39 is 5.91 Å². The maximum atomic E-state index is 11.7. The number of H-pyrrole nitrogens is 1. The van der Waals surface area contributed by atoms with Crippen LogP contribution < -0.4 is 5.73 Å². The van der Waals surface area contributed by atoms with E-state index in [1.807, 2.05) is 23.5 Å². The third-order valence-electron chi connectivity index (χ3n) is 6.05. The lowest BCUT2D eigenvalue weighted by molar-refractivity contribution is 0.0528. The molecule has 0 bridgehead atoms. The minimum Gasteiger partial charge on any atom is -0.366 e. The second-order valence-electron chi connectivity index (χ2n) is 7.69. The van der Waals surface area contributed by atoms with Crippen LogP contribution >= 0.6 is 11.3 Å². The number of nitrogens with zero attached hydrogens (tertiary/aromatic N) is 2. The molecule has 2 fully saturated rings. The standard InChI is InChI=1S/C21H24N4OS/c22-20(26)14-7-4-8-15-19(14)24-21(23-15)18-11-10-17(27-18)16-9-1-2-12-25(16)13-5-3-6-13/h4,7-8,10-11,13,16H,1-3,5-6,9,12H2,(H2,22,26)(H,23,24). The van der Waals surface area contributed by atoms with E-state index in [2.05, 4.69) is 27.0 Å². The number of rotatable bonds is 4. The molecule has 5 nitrogen and oxygen atoms in total. The molecule has 1 atom stereocenters. The Morgan fingerprint density at radius 1 is 1.15 bits per heavy atom. The molecule has 5 rings (SSSR count). The molecule has 1 amide bonds. The van der Waals surface area contributed by atoms with E-state index in [4.69, 9.17) is 5.73 Å². The van der Waals surface area contributed by atoms with Crippen molar-refractivity contribution in [1.82, 2.24) is 14.9 Å². The van der Waals surface area contributed by atoms with Gasteiger partial charge in [-0.25, -0.2) is 4.98 Å². The van der Waals surface area contributed by atoms with Crippen LogP contribution in [0.3, 0.4) is 0 Å². The van der Waals surface area contributed by atoms with Crippen molar-refractivity contribution in [1.29, 1.82) is 0 Å². The third-order valence-corrected chi connectivity index (χ3v) is 7.25. The number of thiophene rings is 1. The maximum Gasteiger partial charge on any atom is 0.250 e. The van der Waals surface area contributed by atoms with Crippen LogP contribution in [0.2, 0.25) is 0 Å². The molecule has 2 aromatic heterocycles. The number of carbonyl (C=O) groups is 1. The SMILES string of the molecule is NC(=O)c1cccc2[nH]c(-c3ccc(C4CCCCN4C4CCC4)s3)nc12. The summed E-state index contributed by atoms with van der Waals surface area (Å²) in [6, 6.07) is 11.3. The van der Waals surface area contributed by atoms with E-state index in [1.54, 1.807) is 6.07 Å². The minimum atomic E-state index is -0.441. The average Bonchev–Trinajstić information content (AvgIpc) is 3.27. The first-order valence-corrected chi connectivity index (χ1v) is 10.7. The van der Waals surface area contributed by atoms with E-state index >= 15 is 0 Å². The van der Waals surface area contributed by atoms with Crippen molar-refractivity contribution in [3.63, 3.8) is 0 Å². The summed E-state index contributed by atoms with van der Waals surface area (Å²) < 4.78 is 0. The fourth-order valence-corrected chi connectivity index (χ4v) is 5.53. The van der Waals surface area contributed by atoms with Crippen LogP contribution in [0, 0.1) is 0 Å². The predicted molar refractivity (Wildman–Crippen MR) is 109 cm³/mol. The van der Waals surface area contributed by atoms with E-state index in [1.165, 1.54) is 49.9 Å². The van der Waals surface area contributed by atoms with Crippen molar-refractivity contribution in [3.05, 3.63) is 40.8 Å². The van der Waals surface area contributed by atoms with Gasteiger partial charge in [0.15, 0.2) is 0 Å². The molecule has 140 valence electrons. The Hall–Kier alpha value is -2.18. The Balaban J connectivity index is 1.47. The number of imidazole rings is 1. The van der Waals surface area contributed by atoms with Crippen LogP contribution in [-0.4, -0.2) is 33.4 Å². The molecule has 3 heterocycles. The van der Waals surface area contributed by atoms with Gasteiger partial charge in [0.1, 0.15) is 11.3 Å². The predicted octanol–water partition coefficient (Wildman–Crippen LogP) is 4.47. The van der Waals surface area contributed by atoms with Gasteiger partial charge in [-0.15, -0.1) is 11.3 Å². The number of likely N-dealkylation sites (tertiary alicyclic amines) is 1. The number of para-hydroxylation sites is 1. The molecule has 3 aromatic rings. The van der Waals surface area contributed by atoms with Crippen LogP contribution in [0.25, 0.3) is 21.7 Å². The van der Waals surface area contributed by atoms with Crippen LogP contribution in [0.15, 0.2) is 30.3 Å². The fraction of sp³-hybridized carbons (Fsp3) is 0.429. The topological polar surface area (TPSA) is 75.0 Å². The highest BCUT2D eigenvalue weighted by Gasteiger charge is 2.33.